The van der Waals surface area contributed by atoms with Crippen LogP contribution in [0.25, 0.3) is 0 Å². The Hall–Kier alpha value is -1.88. The number of hydrogen-bond donors (Lipinski definition) is 3. The third-order valence-electron chi connectivity index (χ3n) is 4.74. The van der Waals surface area contributed by atoms with E-state index in [2.05, 4.69) is 24.5 Å². The van der Waals surface area contributed by atoms with Crippen molar-refractivity contribution in [2.45, 2.75) is 58.4 Å². The Kier molecular flexibility index (Phi) is 7.44. The van der Waals surface area contributed by atoms with Gasteiger partial charge in [0.25, 0.3) is 5.91 Å². The van der Waals surface area contributed by atoms with Crippen molar-refractivity contribution < 1.29 is 9.59 Å². The first kappa shape index (κ1) is 19.4. The smallest absolute Gasteiger partial charge is 0.251 e. The fraction of sp³-hybridized carbons (Fsp3) is 0.600. The Balaban J connectivity index is 1.97. The van der Waals surface area contributed by atoms with Crippen LogP contribution in [0.2, 0.25) is 0 Å². The zero-order chi connectivity index (χ0) is 18.2. The van der Waals surface area contributed by atoms with Crippen molar-refractivity contribution >= 4 is 17.5 Å². The van der Waals surface area contributed by atoms with Crippen LogP contribution in [0, 0.1) is 11.8 Å². The average molecular weight is 345 g/mol. The molecule has 1 aliphatic carbocycles. The Morgan fingerprint density at radius 1 is 1.20 bits per heavy atom. The molecule has 25 heavy (non-hydrogen) atoms. The van der Waals surface area contributed by atoms with Gasteiger partial charge in [0, 0.05) is 29.8 Å². The van der Waals surface area contributed by atoms with Crippen LogP contribution >= 0.6 is 0 Å². The van der Waals surface area contributed by atoms with E-state index in [0.29, 0.717) is 23.7 Å². The maximum absolute atomic E-state index is 12.5. The number of nitrogens with two attached hydrogens (primary N) is 1. The molecule has 138 valence electrons. The Morgan fingerprint density at radius 3 is 2.56 bits per heavy atom. The molecule has 0 spiro atoms. The SMILES string of the molecule is CC(C)CC(CN)NC(=O)c1cccc(NC(=O)C2CCCCC2)c1. The van der Waals surface area contributed by atoms with Crippen molar-refractivity contribution in [1.82, 2.24) is 5.32 Å². The molecule has 4 N–H and O–H groups in total. The number of amides is 2. The summed E-state index contributed by atoms with van der Waals surface area (Å²) in [5, 5.41) is 5.94. The lowest BCUT2D eigenvalue weighted by Crippen LogP contribution is -2.41. The summed E-state index contributed by atoms with van der Waals surface area (Å²) in [6, 6.07) is 7.08. The van der Waals surface area contributed by atoms with Gasteiger partial charge >= 0.3 is 0 Å². The van der Waals surface area contributed by atoms with Gasteiger partial charge in [0.15, 0.2) is 0 Å². The number of carbonyl (C=O) groups excluding carboxylic acids is 2. The van der Waals surface area contributed by atoms with Crippen molar-refractivity contribution in [2.75, 3.05) is 11.9 Å². The lowest BCUT2D eigenvalue weighted by Gasteiger charge is -2.21. The molecule has 1 aliphatic rings. The summed E-state index contributed by atoms with van der Waals surface area (Å²) >= 11 is 0. The van der Waals surface area contributed by atoms with Gasteiger partial charge in [-0.15, -0.1) is 0 Å². The van der Waals surface area contributed by atoms with Crippen LogP contribution in [0.5, 0.6) is 0 Å². The molecule has 0 bridgehead atoms. The highest BCUT2D eigenvalue weighted by molar-refractivity contribution is 5.97. The van der Waals surface area contributed by atoms with E-state index in [0.717, 1.165) is 32.1 Å². The predicted octanol–water partition coefficient (Wildman–Crippen LogP) is 3.31. The fourth-order valence-electron chi connectivity index (χ4n) is 3.40. The molecule has 0 saturated heterocycles. The Morgan fingerprint density at radius 2 is 1.92 bits per heavy atom. The van der Waals surface area contributed by atoms with E-state index >= 15 is 0 Å². The Bertz CT molecular complexity index is 580. The summed E-state index contributed by atoms with van der Waals surface area (Å²) in [5.41, 5.74) is 6.98. The number of rotatable bonds is 7. The third-order valence-corrected chi connectivity index (χ3v) is 4.74. The molecule has 0 heterocycles. The van der Waals surface area contributed by atoms with Crippen LogP contribution in [-0.2, 0) is 4.79 Å². The first-order chi connectivity index (χ1) is 12.0. The zero-order valence-electron chi connectivity index (χ0n) is 15.4. The van der Waals surface area contributed by atoms with Gasteiger partial charge in [0.05, 0.1) is 0 Å². The highest BCUT2D eigenvalue weighted by Crippen LogP contribution is 2.25. The van der Waals surface area contributed by atoms with Crippen molar-refractivity contribution in [3.8, 4) is 0 Å². The molecule has 1 atom stereocenters. The standard InChI is InChI=1S/C20H31N3O2/c1-14(2)11-18(13-21)23-20(25)16-9-6-10-17(12-16)22-19(24)15-7-4-3-5-8-15/h6,9-10,12,14-15,18H,3-5,7-8,11,13,21H2,1-2H3,(H,22,24)(H,23,25). The average Bonchev–Trinajstić information content (AvgIpc) is 2.61. The fourth-order valence-corrected chi connectivity index (χ4v) is 3.40. The van der Waals surface area contributed by atoms with Crippen LogP contribution in [0.15, 0.2) is 24.3 Å². The van der Waals surface area contributed by atoms with Gasteiger partial charge in [0.2, 0.25) is 5.91 Å². The molecule has 1 saturated carbocycles. The summed E-state index contributed by atoms with van der Waals surface area (Å²) < 4.78 is 0. The molecule has 0 aromatic heterocycles. The van der Waals surface area contributed by atoms with Crippen LogP contribution in [0.1, 0.15) is 62.7 Å². The van der Waals surface area contributed by atoms with E-state index in [9.17, 15) is 9.59 Å². The maximum atomic E-state index is 12.5. The molecule has 1 aromatic carbocycles. The second kappa shape index (κ2) is 9.56. The van der Waals surface area contributed by atoms with Gasteiger partial charge < -0.3 is 16.4 Å². The molecule has 5 nitrogen and oxygen atoms in total. The first-order valence-corrected chi connectivity index (χ1v) is 9.41. The highest BCUT2D eigenvalue weighted by Gasteiger charge is 2.21. The second-order valence-electron chi connectivity index (χ2n) is 7.44. The largest absolute Gasteiger partial charge is 0.348 e. The van der Waals surface area contributed by atoms with E-state index in [1.807, 2.05) is 6.07 Å². The monoisotopic (exact) mass is 345 g/mol. The summed E-state index contributed by atoms with van der Waals surface area (Å²) in [5.74, 6) is 0.482. The minimum atomic E-state index is -0.148. The number of nitrogens with one attached hydrogen (secondary N) is 2. The van der Waals surface area contributed by atoms with Gasteiger partial charge in [-0.1, -0.05) is 39.2 Å². The number of anilines is 1. The number of benzene rings is 1. The summed E-state index contributed by atoms with van der Waals surface area (Å²) in [6.07, 6.45) is 6.23. The van der Waals surface area contributed by atoms with E-state index in [1.54, 1.807) is 18.2 Å². The summed E-state index contributed by atoms with van der Waals surface area (Å²) in [6.45, 7) is 4.63. The van der Waals surface area contributed by atoms with Crippen LogP contribution in [0.3, 0.4) is 0 Å². The summed E-state index contributed by atoms with van der Waals surface area (Å²) in [7, 11) is 0. The number of hydrogen-bond acceptors (Lipinski definition) is 3. The van der Waals surface area contributed by atoms with Crippen molar-refractivity contribution in [2.24, 2.45) is 17.6 Å². The summed E-state index contributed by atoms with van der Waals surface area (Å²) in [4.78, 5) is 24.8. The van der Waals surface area contributed by atoms with E-state index in [-0.39, 0.29) is 23.8 Å². The van der Waals surface area contributed by atoms with E-state index in [4.69, 9.17) is 5.73 Å². The molecular formula is C20H31N3O2. The quantitative estimate of drug-likeness (QED) is 0.709. The predicted molar refractivity (Wildman–Crippen MR) is 101 cm³/mol. The molecule has 1 unspecified atom stereocenters. The normalized spacial score (nSPS) is 16.5. The van der Waals surface area contributed by atoms with Crippen molar-refractivity contribution in [3.05, 3.63) is 29.8 Å². The topological polar surface area (TPSA) is 84.2 Å². The molecule has 2 rings (SSSR count). The lowest BCUT2D eigenvalue weighted by atomic mass is 9.88. The van der Waals surface area contributed by atoms with E-state index < -0.39 is 0 Å². The van der Waals surface area contributed by atoms with Crippen LogP contribution in [-0.4, -0.2) is 24.4 Å². The molecular weight excluding hydrogens is 314 g/mol. The van der Waals surface area contributed by atoms with Crippen LogP contribution < -0.4 is 16.4 Å². The molecule has 0 aliphatic heterocycles. The highest BCUT2D eigenvalue weighted by atomic mass is 16.2. The molecule has 2 amide bonds. The van der Waals surface area contributed by atoms with Crippen molar-refractivity contribution in [3.63, 3.8) is 0 Å². The van der Waals surface area contributed by atoms with E-state index in [1.165, 1.54) is 6.42 Å². The molecule has 1 aromatic rings. The van der Waals surface area contributed by atoms with Gasteiger partial charge in [-0.05, 0) is 43.4 Å². The number of carbonyl (C=O) groups is 2. The van der Waals surface area contributed by atoms with Gasteiger partial charge in [-0.3, -0.25) is 9.59 Å². The van der Waals surface area contributed by atoms with Gasteiger partial charge in [-0.25, -0.2) is 0 Å². The molecule has 1 fully saturated rings. The van der Waals surface area contributed by atoms with Gasteiger partial charge in [0.1, 0.15) is 0 Å². The zero-order valence-corrected chi connectivity index (χ0v) is 15.4. The molecule has 5 heteroatoms. The third kappa shape index (κ3) is 6.16. The molecule has 0 radical (unpaired) electrons. The van der Waals surface area contributed by atoms with Crippen LogP contribution in [0.4, 0.5) is 5.69 Å². The Labute approximate surface area is 150 Å². The van der Waals surface area contributed by atoms with Gasteiger partial charge in [-0.2, -0.15) is 0 Å². The van der Waals surface area contributed by atoms with Crippen molar-refractivity contribution in [1.29, 1.82) is 0 Å². The first-order valence-electron chi connectivity index (χ1n) is 9.41. The maximum Gasteiger partial charge on any atom is 0.251 e. The second-order valence-corrected chi connectivity index (χ2v) is 7.44. The minimum Gasteiger partial charge on any atom is -0.348 e. The minimum absolute atomic E-state index is 0.0343. The lowest BCUT2D eigenvalue weighted by molar-refractivity contribution is -0.120.